The van der Waals surface area contributed by atoms with Crippen molar-refractivity contribution in [3.05, 3.63) is 114 Å². The van der Waals surface area contributed by atoms with Crippen LogP contribution in [0.1, 0.15) is 28.7 Å². The second-order valence-electron chi connectivity index (χ2n) is 7.53. The first-order chi connectivity index (χ1) is 15.4. The lowest BCUT2D eigenvalue weighted by Gasteiger charge is -2.22. The average Bonchev–Trinajstić information content (AvgIpc) is 3.50. The van der Waals surface area contributed by atoms with Gasteiger partial charge in [-0.1, -0.05) is 73.4 Å². The van der Waals surface area contributed by atoms with Gasteiger partial charge in [-0.05, 0) is 65.0 Å². The fourth-order valence-electron chi connectivity index (χ4n) is 4.05. The number of nitrogens with zero attached hydrogens (tertiary/aromatic N) is 4. The normalized spacial score (nSPS) is 21.2. The monoisotopic (exact) mass is 550 g/mol. The Balaban J connectivity index is 1.75. The molecule has 0 radical (unpaired) electrons. The number of azide groups is 1. The van der Waals surface area contributed by atoms with E-state index in [0.29, 0.717) is 16.7 Å². The molecule has 8 heteroatoms. The van der Waals surface area contributed by atoms with Crippen LogP contribution in [-0.2, 0) is 27.1 Å². The highest BCUT2D eigenvalue weighted by Crippen LogP contribution is 2.67. The Morgan fingerprint density at radius 2 is 1.56 bits per heavy atom. The number of esters is 1. The molecule has 0 amide bonds. The molecule has 158 valence electrons. The Hall–Kier alpha value is -3.11. The molecule has 0 bridgehead atoms. The molecule has 2 atom stereocenters. The van der Waals surface area contributed by atoms with Gasteiger partial charge in [0, 0.05) is 13.9 Å². The van der Waals surface area contributed by atoms with Gasteiger partial charge in [-0.25, -0.2) is 0 Å². The van der Waals surface area contributed by atoms with Gasteiger partial charge in [0.05, 0.1) is 17.2 Å². The van der Waals surface area contributed by atoms with Crippen LogP contribution in [0.4, 0.5) is 0 Å². The second kappa shape index (κ2) is 8.79. The quantitative estimate of drug-likeness (QED) is 0.148. The number of benzene rings is 3. The van der Waals surface area contributed by atoms with Crippen LogP contribution in [0.15, 0.2) is 86.9 Å². The SMILES string of the molecule is N#Cc1ccc([C@]2(N=[N+]=[N-])C[C@]2(C(=O)OCc2ccc(Br)cc2)c2ccc(Br)cc2)cc1. The number of nitriles is 1. The van der Waals surface area contributed by atoms with E-state index in [4.69, 9.17) is 10.00 Å². The van der Waals surface area contributed by atoms with Crippen LogP contribution in [0.5, 0.6) is 0 Å². The van der Waals surface area contributed by atoms with Gasteiger partial charge in [0.1, 0.15) is 12.0 Å². The third-order valence-electron chi connectivity index (χ3n) is 5.78. The minimum atomic E-state index is -1.16. The summed E-state index contributed by atoms with van der Waals surface area (Å²) in [5.74, 6) is -0.459. The van der Waals surface area contributed by atoms with Crippen molar-refractivity contribution in [1.82, 2.24) is 0 Å². The highest BCUT2D eigenvalue weighted by Gasteiger charge is 2.74. The predicted molar refractivity (Wildman–Crippen MR) is 126 cm³/mol. The van der Waals surface area contributed by atoms with Gasteiger partial charge in [0.2, 0.25) is 0 Å². The highest BCUT2D eigenvalue weighted by molar-refractivity contribution is 9.10. The topological polar surface area (TPSA) is 98.9 Å². The van der Waals surface area contributed by atoms with Crippen molar-refractivity contribution in [2.75, 3.05) is 0 Å². The van der Waals surface area contributed by atoms with Gasteiger partial charge in [-0.3, -0.25) is 4.79 Å². The van der Waals surface area contributed by atoms with Gasteiger partial charge in [-0.2, -0.15) is 5.26 Å². The molecule has 0 saturated heterocycles. The Morgan fingerprint density at radius 3 is 2.12 bits per heavy atom. The fourth-order valence-corrected chi connectivity index (χ4v) is 4.58. The average molecular weight is 552 g/mol. The molecular formula is C24H16Br2N4O2. The summed E-state index contributed by atoms with van der Waals surface area (Å²) in [6.07, 6.45) is 0.275. The van der Waals surface area contributed by atoms with E-state index < -0.39 is 16.9 Å². The summed E-state index contributed by atoms with van der Waals surface area (Å²) in [7, 11) is 0. The lowest BCUT2D eigenvalue weighted by molar-refractivity contribution is -0.148. The molecular weight excluding hydrogens is 536 g/mol. The van der Waals surface area contributed by atoms with Crippen LogP contribution in [0.3, 0.4) is 0 Å². The highest BCUT2D eigenvalue weighted by atomic mass is 79.9. The first-order valence-electron chi connectivity index (χ1n) is 9.70. The number of halogens is 2. The molecule has 3 aromatic rings. The van der Waals surface area contributed by atoms with Crippen molar-refractivity contribution in [2.24, 2.45) is 5.11 Å². The van der Waals surface area contributed by atoms with E-state index in [1.165, 1.54) is 0 Å². The third-order valence-corrected chi connectivity index (χ3v) is 6.84. The molecule has 0 unspecified atom stereocenters. The molecule has 0 heterocycles. The Labute approximate surface area is 201 Å². The summed E-state index contributed by atoms with van der Waals surface area (Å²) in [6, 6.07) is 23.7. The zero-order valence-electron chi connectivity index (χ0n) is 16.7. The number of hydrogen-bond donors (Lipinski definition) is 0. The molecule has 0 aliphatic heterocycles. The molecule has 0 N–H and O–H groups in total. The van der Waals surface area contributed by atoms with Crippen LogP contribution in [0.2, 0.25) is 0 Å². The van der Waals surface area contributed by atoms with Crippen LogP contribution < -0.4 is 0 Å². The van der Waals surface area contributed by atoms with Crippen LogP contribution in [0.25, 0.3) is 10.4 Å². The lowest BCUT2D eigenvalue weighted by Crippen LogP contribution is -2.31. The maximum Gasteiger partial charge on any atom is 0.317 e. The predicted octanol–water partition coefficient (Wildman–Crippen LogP) is 6.67. The summed E-state index contributed by atoms with van der Waals surface area (Å²) < 4.78 is 7.55. The van der Waals surface area contributed by atoms with Crippen LogP contribution in [-0.4, -0.2) is 5.97 Å². The summed E-state index contributed by atoms with van der Waals surface area (Å²) in [4.78, 5) is 16.6. The van der Waals surface area contributed by atoms with Crippen LogP contribution >= 0.6 is 31.9 Å². The zero-order chi connectivity index (χ0) is 22.8. The van der Waals surface area contributed by atoms with E-state index in [0.717, 1.165) is 14.5 Å². The number of ether oxygens (including phenoxy) is 1. The minimum absolute atomic E-state index is 0.101. The van der Waals surface area contributed by atoms with Gasteiger partial charge in [0.25, 0.3) is 0 Å². The van der Waals surface area contributed by atoms with Crippen molar-refractivity contribution in [2.45, 2.75) is 24.0 Å². The number of carbonyl (C=O) groups is 1. The van der Waals surface area contributed by atoms with Gasteiger partial charge in [0.15, 0.2) is 0 Å². The van der Waals surface area contributed by atoms with Crippen LogP contribution in [0, 0.1) is 11.3 Å². The Morgan fingerprint density at radius 1 is 1.00 bits per heavy atom. The van der Waals surface area contributed by atoms with Gasteiger partial charge >= 0.3 is 5.97 Å². The number of rotatable bonds is 6. The first-order valence-corrected chi connectivity index (χ1v) is 11.3. The molecule has 1 aliphatic carbocycles. The lowest BCUT2D eigenvalue weighted by atomic mass is 9.87. The van der Waals surface area contributed by atoms with E-state index in [-0.39, 0.29) is 13.0 Å². The smallest absolute Gasteiger partial charge is 0.317 e. The van der Waals surface area contributed by atoms with Gasteiger partial charge in [-0.15, -0.1) is 0 Å². The van der Waals surface area contributed by atoms with E-state index in [1.807, 2.05) is 48.5 Å². The van der Waals surface area contributed by atoms with Crippen molar-refractivity contribution in [1.29, 1.82) is 5.26 Å². The van der Waals surface area contributed by atoms with Crippen molar-refractivity contribution < 1.29 is 9.53 Å². The molecule has 0 aromatic heterocycles. The molecule has 32 heavy (non-hydrogen) atoms. The maximum absolute atomic E-state index is 13.6. The number of hydrogen-bond acceptors (Lipinski definition) is 4. The maximum atomic E-state index is 13.6. The Kier molecular flexibility index (Phi) is 6.07. The van der Waals surface area contributed by atoms with E-state index in [2.05, 4.69) is 48.0 Å². The fraction of sp³-hybridized carbons (Fsp3) is 0.167. The summed E-state index contributed by atoms with van der Waals surface area (Å²) in [5, 5.41) is 13.2. The molecule has 6 nitrogen and oxygen atoms in total. The molecule has 1 saturated carbocycles. The summed E-state index contributed by atoms with van der Waals surface area (Å²) in [5.41, 5.74) is 9.79. The summed E-state index contributed by atoms with van der Waals surface area (Å²) in [6.45, 7) is 0.101. The second-order valence-corrected chi connectivity index (χ2v) is 9.36. The van der Waals surface area contributed by atoms with Crippen molar-refractivity contribution in [3.63, 3.8) is 0 Å². The van der Waals surface area contributed by atoms with E-state index >= 15 is 0 Å². The third kappa shape index (κ3) is 3.80. The molecule has 3 aromatic carbocycles. The Bertz CT molecular complexity index is 1250. The van der Waals surface area contributed by atoms with E-state index in [9.17, 15) is 10.3 Å². The number of carbonyl (C=O) groups excluding carboxylic acids is 1. The largest absolute Gasteiger partial charge is 0.460 e. The molecule has 0 spiro atoms. The van der Waals surface area contributed by atoms with E-state index in [1.54, 1.807) is 24.3 Å². The minimum Gasteiger partial charge on any atom is -0.460 e. The first kappa shape index (κ1) is 22.1. The summed E-state index contributed by atoms with van der Waals surface area (Å²) >= 11 is 6.82. The molecule has 1 aliphatic rings. The molecule has 1 fully saturated rings. The molecule has 4 rings (SSSR count). The zero-order valence-corrected chi connectivity index (χ0v) is 19.9. The van der Waals surface area contributed by atoms with Gasteiger partial charge < -0.3 is 4.74 Å². The van der Waals surface area contributed by atoms with Crippen molar-refractivity contribution in [3.8, 4) is 6.07 Å². The van der Waals surface area contributed by atoms with Crippen molar-refractivity contribution >= 4 is 37.8 Å². The standard InChI is InChI=1S/C24H16Br2N4O2/c25-20-9-3-17(4-10-20)14-32-22(31)23(18-7-11-21(26)12-8-18)15-24(23,29-30-28)19-5-1-16(13-27)2-6-19/h1-12H,14-15H2/t23-,24-/m1/s1.